The summed E-state index contributed by atoms with van der Waals surface area (Å²) in [5, 5.41) is 9.75. The van der Waals surface area contributed by atoms with Crippen molar-refractivity contribution in [2.24, 2.45) is 0 Å². The van der Waals surface area contributed by atoms with Crippen LogP contribution in [0.25, 0.3) is 0 Å². The summed E-state index contributed by atoms with van der Waals surface area (Å²) in [6, 6.07) is 3.35. The molecule has 1 aromatic heterocycles. The minimum absolute atomic E-state index is 0.241. The Kier molecular flexibility index (Phi) is 5.07. The Morgan fingerprint density at radius 1 is 1.41 bits per heavy atom. The van der Waals surface area contributed by atoms with Crippen molar-refractivity contribution in [3.63, 3.8) is 0 Å². The largest absolute Gasteiger partial charge is 0.493 e. The van der Waals surface area contributed by atoms with E-state index >= 15 is 0 Å². The number of carbonyl (C=O) groups is 1. The quantitative estimate of drug-likeness (QED) is 0.848. The molecule has 1 amide bonds. The molecule has 118 valence electrons. The van der Waals surface area contributed by atoms with Gasteiger partial charge < -0.3 is 14.8 Å². The predicted octanol–water partition coefficient (Wildman–Crippen LogP) is 3.45. The van der Waals surface area contributed by atoms with E-state index in [0.717, 1.165) is 11.4 Å². The average molecular weight is 368 g/mol. The zero-order chi connectivity index (χ0) is 16.3. The highest BCUT2D eigenvalue weighted by atomic mass is 79.9. The molecule has 7 heteroatoms. The zero-order valence-corrected chi connectivity index (χ0v) is 14.5. The van der Waals surface area contributed by atoms with E-state index in [4.69, 9.17) is 9.47 Å². The lowest BCUT2D eigenvalue weighted by Gasteiger charge is -2.13. The highest BCUT2D eigenvalue weighted by Gasteiger charge is 2.17. The van der Waals surface area contributed by atoms with Crippen molar-refractivity contribution < 1.29 is 14.3 Å². The average Bonchev–Trinajstić information content (AvgIpc) is 2.81. The summed E-state index contributed by atoms with van der Waals surface area (Å²) < 4.78 is 11.5. The molecule has 6 nitrogen and oxygen atoms in total. The Morgan fingerprint density at radius 3 is 2.68 bits per heavy atom. The number of hydrogen-bond donors (Lipinski definition) is 2. The van der Waals surface area contributed by atoms with Crippen LogP contribution >= 0.6 is 15.9 Å². The molecule has 0 radical (unpaired) electrons. The van der Waals surface area contributed by atoms with Gasteiger partial charge in [-0.3, -0.25) is 9.89 Å². The topological polar surface area (TPSA) is 76.2 Å². The van der Waals surface area contributed by atoms with Crippen LogP contribution in [0.1, 0.15) is 28.7 Å². The number of benzene rings is 1. The van der Waals surface area contributed by atoms with Gasteiger partial charge in [0.15, 0.2) is 11.5 Å². The van der Waals surface area contributed by atoms with Gasteiger partial charge in [-0.05, 0) is 48.8 Å². The summed E-state index contributed by atoms with van der Waals surface area (Å²) in [5.74, 6) is 0.842. The predicted molar refractivity (Wildman–Crippen MR) is 87.9 cm³/mol. The molecule has 2 aromatic rings. The number of aryl methyl sites for hydroxylation is 2. The molecule has 0 aliphatic heterocycles. The van der Waals surface area contributed by atoms with Crippen molar-refractivity contribution in [2.75, 3.05) is 19.0 Å². The SMILES string of the molecule is CCOc1c(Br)cc(C(=O)Nc2c(C)n[nH]c2C)cc1OC. The first kappa shape index (κ1) is 16.4. The van der Waals surface area contributed by atoms with Gasteiger partial charge in [-0.15, -0.1) is 0 Å². The third-order valence-electron chi connectivity index (χ3n) is 3.15. The van der Waals surface area contributed by atoms with Gasteiger partial charge in [0.1, 0.15) is 0 Å². The molecule has 0 aliphatic carbocycles. The number of rotatable bonds is 5. The molecule has 22 heavy (non-hydrogen) atoms. The monoisotopic (exact) mass is 367 g/mol. The lowest BCUT2D eigenvalue weighted by Crippen LogP contribution is -2.13. The molecule has 0 fully saturated rings. The number of aromatic amines is 1. The molecule has 0 atom stereocenters. The molecule has 0 saturated heterocycles. The first-order chi connectivity index (χ1) is 10.5. The zero-order valence-electron chi connectivity index (χ0n) is 12.9. The van der Waals surface area contributed by atoms with Crippen LogP contribution < -0.4 is 14.8 Å². The van der Waals surface area contributed by atoms with Crippen LogP contribution in [-0.2, 0) is 0 Å². The van der Waals surface area contributed by atoms with Crippen LogP contribution in [0.15, 0.2) is 16.6 Å². The second-order valence-electron chi connectivity index (χ2n) is 4.69. The Morgan fingerprint density at radius 2 is 2.14 bits per heavy atom. The Hall–Kier alpha value is -2.02. The van der Waals surface area contributed by atoms with Gasteiger partial charge in [-0.25, -0.2) is 0 Å². The smallest absolute Gasteiger partial charge is 0.255 e. The number of methoxy groups -OCH3 is 1. The third-order valence-corrected chi connectivity index (χ3v) is 3.74. The van der Waals surface area contributed by atoms with Crippen LogP contribution in [0, 0.1) is 13.8 Å². The van der Waals surface area contributed by atoms with E-state index in [0.29, 0.717) is 33.8 Å². The van der Waals surface area contributed by atoms with E-state index in [-0.39, 0.29) is 5.91 Å². The van der Waals surface area contributed by atoms with Gasteiger partial charge in [-0.2, -0.15) is 5.10 Å². The van der Waals surface area contributed by atoms with Crippen LogP contribution in [-0.4, -0.2) is 29.8 Å². The van der Waals surface area contributed by atoms with Crippen molar-refractivity contribution >= 4 is 27.5 Å². The maximum atomic E-state index is 12.4. The minimum Gasteiger partial charge on any atom is -0.493 e. The normalized spacial score (nSPS) is 10.4. The van der Waals surface area contributed by atoms with E-state index in [1.807, 2.05) is 20.8 Å². The molecule has 2 N–H and O–H groups in total. The number of carbonyl (C=O) groups excluding carboxylic acids is 1. The molecular weight excluding hydrogens is 350 g/mol. The number of anilines is 1. The highest BCUT2D eigenvalue weighted by Crippen LogP contribution is 2.36. The van der Waals surface area contributed by atoms with E-state index in [9.17, 15) is 4.79 Å². The number of nitrogens with zero attached hydrogens (tertiary/aromatic N) is 1. The molecule has 0 saturated carbocycles. The maximum absolute atomic E-state index is 12.4. The van der Waals surface area contributed by atoms with Crippen molar-refractivity contribution in [3.05, 3.63) is 33.6 Å². The molecule has 1 heterocycles. The van der Waals surface area contributed by atoms with Crippen molar-refractivity contribution in [1.29, 1.82) is 0 Å². The summed E-state index contributed by atoms with van der Waals surface area (Å²) in [6.07, 6.45) is 0. The molecule has 1 aromatic carbocycles. The molecule has 0 unspecified atom stereocenters. The number of H-pyrrole nitrogens is 1. The van der Waals surface area contributed by atoms with Crippen molar-refractivity contribution in [1.82, 2.24) is 10.2 Å². The number of hydrogen-bond acceptors (Lipinski definition) is 4. The number of halogens is 1. The number of nitrogens with one attached hydrogen (secondary N) is 2. The van der Waals surface area contributed by atoms with E-state index < -0.39 is 0 Å². The summed E-state index contributed by atoms with van der Waals surface area (Å²) in [7, 11) is 1.54. The van der Waals surface area contributed by atoms with Crippen molar-refractivity contribution in [2.45, 2.75) is 20.8 Å². The van der Waals surface area contributed by atoms with E-state index in [1.54, 1.807) is 12.1 Å². The molecule has 0 spiro atoms. The van der Waals surface area contributed by atoms with Gasteiger partial charge in [-0.1, -0.05) is 0 Å². The number of ether oxygens (including phenoxy) is 2. The molecular formula is C15H18BrN3O3. The third kappa shape index (κ3) is 3.24. The Balaban J connectivity index is 2.32. The van der Waals surface area contributed by atoms with Crippen LogP contribution in [0.3, 0.4) is 0 Å². The summed E-state index contributed by atoms with van der Waals surface area (Å²) in [6.45, 7) is 6.07. The van der Waals surface area contributed by atoms with Gasteiger partial charge in [0.05, 0.1) is 35.3 Å². The second kappa shape index (κ2) is 6.83. The fourth-order valence-electron chi connectivity index (χ4n) is 2.06. The van der Waals surface area contributed by atoms with Crippen LogP contribution in [0.5, 0.6) is 11.5 Å². The van der Waals surface area contributed by atoms with E-state index in [1.165, 1.54) is 7.11 Å². The van der Waals surface area contributed by atoms with E-state index in [2.05, 4.69) is 31.4 Å². The van der Waals surface area contributed by atoms with Gasteiger partial charge in [0.25, 0.3) is 5.91 Å². The lowest BCUT2D eigenvalue weighted by atomic mass is 10.1. The van der Waals surface area contributed by atoms with Crippen LogP contribution in [0.4, 0.5) is 5.69 Å². The Bertz CT molecular complexity index is 678. The number of amides is 1. The summed E-state index contributed by atoms with van der Waals surface area (Å²) >= 11 is 3.41. The lowest BCUT2D eigenvalue weighted by molar-refractivity contribution is 0.102. The van der Waals surface area contributed by atoms with Gasteiger partial charge >= 0.3 is 0 Å². The Labute approximate surface area is 137 Å². The summed E-state index contributed by atoms with van der Waals surface area (Å²) in [5.41, 5.74) is 2.70. The van der Waals surface area contributed by atoms with Gasteiger partial charge in [0.2, 0.25) is 0 Å². The second-order valence-corrected chi connectivity index (χ2v) is 5.54. The van der Waals surface area contributed by atoms with Crippen molar-refractivity contribution in [3.8, 4) is 11.5 Å². The summed E-state index contributed by atoms with van der Waals surface area (Å²) in [4.78, 5) is 12.4. The first-order valence-electron chi connectivity index (χ1n) is 6.81. The van der Waals surface area contributed by atoms with Gasteiger partial charge in [0, 0.05) is 5.56 Å². The fraction of sp³-hybridized carbons (Fsp3) is 0.333. The first-order valence-corrected chi connectivity index (χ1v) is 7.60. The molecule has 0 aliphatic rings. The standard InChI is InChI=1S/C15H18BrN3O3/c1-5-22-14-11(16)6-10(7-12(14)21-4)15(20)17-13-8(2)18-19-9(13)3/h6-7H,5H2,1-4H3,(H,17,20)(H,18,19). The highest BCUT2D eigenvalue weighted by molar-refractivity contribution is 9.10. The molecule has 2 rings (SSSR count). The maximum Gasteiger partial charge on any atom is 0.255 e. The molecule has 0 bridgehead atoms. The number of aromatic nitrogens is 2. The minimum atomic E-state index is -0.241. The fourth-order valence-corrected chi connectivity index (χ4v) is 2.61. The van der Waals surface area contributed by atoms with Crippen LogP contribution in [0.2, 0.25) is 0 Å².